The van der Waals surface area contributed by atoms with E-state index in [9.17, 15) is 0 Å². The Morgan fingerprint density at radius 1 is 1.16 bits per heavy atom. The molecule has 3 rings (SSSR count). The van der Waals surface area contributed by atoms with Gasteiger partial charge in [0.1, 0.15) is 6.54 Å². The molecule has 0 saturated carbocycles. The van der Waals surface area contributed by atoms with Gasteiger partial charge in [-0.2, -0.15) is 4.57 Å². The maximum absolute atomic E-state index is 6.38. The van der Waals surface area contributed by atoms with Gasteiger partial charge in [0, 0.05) is 24.5 Å². The Bertz CT molecular complexity index is 602. The number of rotatable bonds is 4. The number of nitrogens with two attached hydrogens (primary N) is 1. The average Bonchev–Trinajstić information content (AvgIpc) is 2.92. The highest BCUT2D eigenvalue weighted by Gasteiger charge is 2.27. The molecule has 1 heterocycles. The van der Waals surface area contributed by atoms with Crippen LogP contribution in [-0.4, -0.2) is 0 Å². The zero-order valence-electron chi connectivity index (χ0n) is 11.8. The molecule has 0 saturated heterocycles. The molecule has 1 aromatic heterocycles. The quantitative estimate of drug-likeness (QED) is 0.658. The van der Waals surface area contributed by atoms with E-state index in [-0.39, 0.29) is 0 Å². The number of anilines is 1. The zero-order chi connectivity index (χ0) is 13.2. The number of nitrogen functional groups attached to an aromatic ring is 1. The summed E-state index contributed by atoms with van der Waals surface area (Å²) in [5.41, 5.74) is 11.6. The number of unbranched alkanes of at least 4 members (excludes halogenated alkanes) is 2. The average molecular weight is 255 g/mol. The second kappa shape index (κ2) is 5.20. The van der Waals surface area contributed by atoms with E-state index in [4.69, 9.17) is 5.73 Å². The molecule has 1 aliphatic rings. The third-order valence-corrected chi connectivity index (χ3v) is 4.31. The lowest BCUT2D eigenvalue weighted by molar-refractivity contribution is -0.679. The summed E-state index contributed by atoms with van der Waals surface area (Å²) < 4.78 is 2.53. The Morgan fingerprint density at radius 2 is 2.00 bits per heavy atom. The van der Waals surface area contributed by atoms with Gasteiger partial charge in [-0.1, -0.05) is 25.5 Å². The minimum absolute atomic E-state index is 1.02. The molecule has 2 N–H and O–H groups in total. The molecule has 2 aromatic rings. The molecule has 19 heavy (non-hydrogen) atoms. The number of aromatic nitrogens is 1. The second-order valence-electron chi connectivity index (χ2n) is 5.57. The van der Waals surface area contributed by atoms with Crippen molar-refractivity contribution in [3.05, 3.63) is 35.5 Å². The van der Waals surface area contributed by atoms with Crippen molar-refractivity contribution >= 4 is 16.6 Å². The van der Waals surface area contributed by atoms with E-state index in [0.29, 0.717) is 0 Å². The Labute approximate surface area is 115 Å². The highest BCUT2D eigenvalue weighted by molar-refractivity contribution is 5.90. The molecule has 0 atom stereocenters. The largest absolute Gasteiger partial charge is 0.398 e. The van der Waals surface area contributed by atoms with Crippen LogP contribution in [0.2, 0.25) is 0 Å². The Hall–Kier alpha value is -1.57. The maximum atomic E-state index is 6.38. The number of para-hydroxylation sites is 1. The van der Waals surface area contributed by atoms with Crippen LogP contribution in [0.3, 0.4) is 0 Å². The summed E-state index contributed by atoms with van der Waals surface area (Å²) in [6.45, 7) is 3.40. The van der Waals surface area contributed by atoms with E-state index >= 15 is 0 Å². The lowest BCUT2D eigenvalue weighted by Crippen LogP contribution is -2.40. The first-order valence-corrected chi connectivity index (χ1v) is 7.54. The van der Waals surface area contributed by atoms with E-state index in [0.717, 1.165) is 18.7 Å². The van der Waals surface area contributed by atoms with E-state index in [1.165, 1.54) is 54.3 Å². The molecule has 1 aliphatic carbocycles. The molecule has 0 radical (unpaired) electrons. The van der Waals surface area contributed by atoms with Gasteiger partial charge in [-0.25, -0.2) is 0 Å². The van der Waals surface area contributed by atoms with Crippen molar-refractivity contribution in [2.75, 3.05) is 5.73 Å². The van der Waals surface area contributed by atoms with Crippen molar-refractivity contribution in [2.24, 2.45) is 0 Å². The third-order valence-electron chi connectivity index (χ3n) is 4.31. The lowest BCUT2D eigenvalue weighted by atomic mass is 10.1. The normalized spacial score (nSPS) is 13.9. The van der Waals surface area contributed by atoms with Gasteiger partial charge < -0.3 is 5.73 Å². The maximum Gasteiger partial charge on any atom is 0.214 e. The van der Waals surface area contributed by atoms with Crippen LogP contribution < -0.4 is 10.3 Å². The molecule has 2 nitrogen and oxygen atoms in total. The predicted molar refractivity (Wildman–Crippen MR) is 80.1 cm³/mol. The molecule has 0 bridgehead atoms. The van der Waals surface area contributed by atoms with Crippen molar-refractivity contribution < 1.29 is 4.57 Å². The molecule has 2 heteroatoms. The van der Waals surface area contributed by atoms with Crippen LogP contribution in [0.25, 0.3) is 10.9 Å². The first-order chi connectivity index (χ1) is 9.33. The molecule has 0 amide bonds. The fourth-order valence-electron chi connectivity index (χ4n) is 3.34. The Kier molecular flexibility index (Phi) is 3.41. The van der Waals surface area contributed by atoms with Gasteiger partial charge in [0.05, 0.1) is 11.1 Å². The molecule has 0 spiro atoms. The number of nitrogens with zero attached hydrogens (tertiary/aromatic N) is 1. The first-order valence-electron chi connectivity index (χ1n) is 7.54. The SMILES string of the molecule is CCCCC[n+]1c2c(c(N)c3ccccc31)CCC2. The van der Waals surface area contributed by atoms with Crippen LogP contribution in [0.5, 0.6) is 0 Å². The number of hydrogen-bond acceptors (Lipinski definition) is 1. The molecular formula is C17H23N2+. The van der Waals surface area contributed by atoms with Crippen LogP contribution in [0.15, 0.2) is 24.3 Å². The molecule has 0 fully saturated rings. The van der Waals surface area contributed by atoms with Gasteiger partial charge in [-0.15, -0.1) is 0 Å². The summed E-state index contributed by atoms with van der Waals surface area (Å²) in [6, 6.07) is 8.60. The lowest BCUT2D eigenvalue weighted by Gasteiger charge is -2.10. The zero-order valence-corrected chi connectivity index (χ0v) is 11.8. The van der Waals surface area contributed by atoms with E-state index < -0.39 is 0 Å². The van der Waals surface area contributed by atoms with E-state index in [1.807, 2.05) is 0 Å². The minimum Gasteiger partial charge on any atom is -0.398 e. The number of fused-ring (bicyclic) bond motifs is 2. The van der Waals surface area contributed by atoms with Crippen LogP contribution in [0.1, 0.15) is 43.9 Å². The molecule has 0 aliphatic heterocycles. The summed E-state index contributed by atoms with van der Waals surface area (Å²) in [7, 11) is 0. The molecular weight excluding hydrogens is 232 g/mol. The smallest absolute Gasteiger partial charge is 0.214 e. The topological polar surface area (TPSA) is 29.9 Å². The van der Waals surface area contributed by atoms with E-state index in [1.54, 1.807) is 0 Å². The summed E-state index contributed by atoms with van der Waals surface area (Å²) >= 11 is 0. The van der Waals surface area contributed by atoms with Gasteiger partial charge in [-0.3, -0.25) is 0 Å². The fraction of sp³-hybridized carbons (Fsp3) is 0.471. The minimum atomic E-state index is 1.02. The van der Waals surface area contributed by atoms with Gasteiger partial charge >= 0.3 is 0 Å². The van der Waals surface area contributed by atoms with Crippen molar-refractivity contribution in [1.82, 2.24) is 0 Å². The van der Waals surface area contributed by atoms with Crippen LogP contribution in [-0.2, 0) is 19.4 Å². The number of hydrogen-bond donors (Lipinski definition) is 1. The van der Waals surface area contributed by atoms with Gasteiger partial charge in [0.15, 0.2) is 5.69 Å². The third kappa shape index (κ3) is 2.09. The monoisotopic (exact) mass is 255 g/mol. The number of aryl methyl sites for hydroxylation is 1. The predicted octanol–water partition coefficient (Wildman–Crippen LogP) is 3.39. The fourth-order valence-corrected chi connectivity index (χ4v) is 3.34. The summed E-state index contributed by atoms with van der Waals surface area (Å²) in [6.07, 6.45) is 7.44. The van der Waals surface area contributed by atoms with Gasteiger partial charge in [0.25, 0.3) is 0 Å². The molecule has 0 unspecified atom stereocenters. The van der Waals surface area contributed by atoms with Crippen molar-refractivity contribution in [1.29, 1.82) is 0 Å². The van der Waals surface area contributed by atoms with Crippen LogP contribution >= 0.6 is 0 Å². The Balaban J connectivity index is 2.15. The summed E-state index contributed by atoms with van der Waals surface area (Å²) in [5, 5.41) is 1.24. The van der Waals surface area contributed by atoms with Crippen LogP contribution in [0.4, 0.5) is 5.69 Å². The highest BCUT2D eigenvalue weighted by atomic mass is 15.0. The van der Waals surface area contributed by atoms with Crippen LogP contribution in [0, 0.1) is 0 Å². The first kappa shape index (κ1) is 12.5. The second-order valence-corrected chi connectivity index (χ2v) is 5.57. The van der Waals surface area contributed by atoms with Gasteiger partial charge in [-0.05, 0) is 25.3 Å². The number of benzene rings is 1. The van der Waals surface area contributed by atoms with Crippen molar-refractivity contribution in [3.63, 3.8) is 0 Å². The number of pyridine rings is 1. The molecule has 1 aromatic carbocycles. The Morgan fingerprint density at radius 3 is 2.84 bits per heavy atom. The summed E-state index contributed by atoms with van der Waals surface area (Å²) in [5.74, 6) is 0. The highest BCUT2D eigenvalue weighted by Crippen LogP contribution is 2.30. The summed E-state index contributed by atoms with van der Waals surface area (Å²) in [4.78, 5) is 0. The van der Waals surface area contributed by atoms with E-state index in [2.05, 4.69) is 35.8 Å². The standard InChI is InChI=1S/C17H22N2/c1-2-3-6-12-19-15-10-5-4-8-13(15)17(18)14-9-7-11-16(14)19/h4-5,8,10,18H,2-3,6-7,9,11-12H2,1H3/p+1. The molecule has 100 valence electrons. The van der Waals surface area contributed by atoms with Gasteiger partial charge in [0.2, 0.25) is 5.52 Å². The van der Waals surface area contributed by atoms with Crippen molar-refractivity contribution in [3.8, 4) is 0 Å². The van der Waals surface area contributed by atoms with Crippen molar-refractivity contribution in [2.45, 2.75) is 52.0 Å².